The standard InChI is InChI=1S/C23H36N4O5/c1-18-7-9-26(10-8-18)21-17-19(5-6-20(21)27(29)30)25-13-11-24(12-14-25)15-16-31-22(28)32-23(2,3)4/h5-6,17-18H,7-16H2,1-4H3. The molecule has 32 heavy (non-hydrogen) atoms. The highest BCUT2D eigenvalue weighted by Crippen LogP contribution is 2.35. The minimum Gasteiger partial charge on any atom is -0.433 e. The molecule has 9 nitrogen and oxygen atoms in total. The molecule has 2 aliphatic heterocycles. The van der Waals surface area contributed by atoms with E-state index in [0.29, 0.717) is 19.1 Å². The number of rotatable bonds is 6. The lowest BCUT2D eigenvalue weighted by molar-refractivity contribution is -0.384. The Hall–Kier alpha value is -2.55. The normalized spacial score (nSPS) is 18.5. The fourth-order valence-corrected chi connectivity index (χ4v) is 4.13. The number of ether oxygens (including phenoxy) is 2. The lowest BCUT2D eigenvalue weighted by Gasteiger charge is -2.37. The van der Waals surface area contributed by atoms with E-state index in [2.05, 4.69) is 21.6 Å². The molecule has 0 spiro atoms. The number of benzene rings is 1. The van der Waals surface area contributed by atoms with E-state index in [4.69, 9.17) is 9.47 Å². The van der Waals surface area contributed by atoms with Crippen molar-refractivity contribution >= 4 is 23.2 Å². The third-order valence-corrected chi connectivity index (χ3v) is 6.03. The Morgan fingerprint density at radius 2 is 1.75 bits per heavy atom. The van der Waals surface area contributed by atoms with Gasteiger partial charge in [-0.05, 0) is 51.7 Å². The molecule has 2 heterocycles. The zero-order valence-corrected chi connectivity index (χ0v) is 19.7. The van der Waals surface area contributed by atoms with E-state index in [1.54, 1.807) is 6.07 Å². The van der Waals surface area contributed by atoms with Gasteiger partial charge < -0.3 is 19.3 Å². The van der Waals surface area contributed by atoms with Gasteiger partial charge in [-0.3, -0.25) is 15.0 Å². The molecule has 9 heteroatoms. The van der Waals surface area contributed by atoms with Crippen molar-refractivity contribution < 1.29 is 19.2 Å². The summed E-state index contributed by atoms with van der Waals surface area (Å²) >= 11 is 0. The number of piperazine rings is 1. The molecule has 0 aromatic heterocycles. The minimum atomic E-state index is -0.637. The van der Waals surface area contributed by atoms with Crippen LogP contribution < -0.4 is 9.80 Å². The highest BCUT2D eigenvalue weighted by Gasteiger charge is 2.26. The summed E-state index contributed by atoms with van der Waals surface area (Å²) in [5.41, 5.74) is 1.38. The summed E-state index contributed by atoms with van der Waals surface area (Å²) in [6.45, 7) is 13.6. The maximum absolute atomic E-state index is 11.7. The van der Waals surface area contributed by atoms with Crippen molar-refractivity contribution in [3.8, 4) is 0 Å². The highest BCUT2D eigenvalue weighted by atomic mass is 16.7. The predicted molar refractivity (Wildman–Crippen MR) is 125 cm³/mol. The number of nitro groups is 1. The van der Waals surface area contributed by atoms with Crippen LogP contribution in [0, 0.1) is 16.0 Å². The van der Waals surface area contributed by atoms with Gasteiger partial charge in [0.2, 0.25) is 0 Å². The number of carbonyl (C=O) groups excluding carboxylic acids is 1. The average Bonchev–Trinajstić information content (AvgIpc) is 2.73. The van der Waals surface area contributed by atoms with Crippen LogP contribution in [0.2, 0.25) is 0 Å². The molecule has 0 amide bonds. The first-order chi connectivity index (χ1) is 15.1. The summed E-state index contributed by atoms with van der Waals surface area (Å²) in [6.07, 6.45) is 1.48. The second-order valence-electron chi connectivity index (χ2n) is 9.74. The smallest absolute Gasteiger partial charge is 0.433 e. The predicted octanol–water partition coefficient (Wildman–Crippen LogP) is 3.90. The molecule has 0 bridgehead atoms. The zero-order valence-electron chi connectivity index (χ0n) is 19.7. The summed E-state index contributed by atoms with van der Waals surface area (Å²) in [7, 11) is 0. The van der Waals surface area contributed by atoms with Crippen LogP contribution in [0.5, 0.6) is 0 Å². The number of nitro benzene ring substituents is 1. The fraction of sp³-hybridized carbons (Fsp3) is 0.696. The van der Waals surface area contributed by atoms with Crippen LogP contribution in [-0.2, 0) is 9.47 Å². The molecule has 0 unspecified atom stereocenters. The Balaban J connectivity index is 1.54. The van der Waals surface area contributed by atoms with Gasteiger partial charge in [-0.25, -0.2) is 4.79 Å². The van der Waals surface area contributed by atoms with Crippen LogP contribution in [0.25, 0.3) is 0 Å². The van der Waals surface area contributed by atoms with Crippen molar-refractivity contribution in [3.05, 3.63) is 28.3 Å². The van der Waals surface area contributed by atoms with Crippen LogP contribution in [0.3, 0.4) is 0 Å². The molecule has 2 saturated heterocycles. The molecule has 0 radical (unpaired) electrons. The molecule has 0 atom stereocenters. The van der Waals surface area contributed by atoms with Crippen LogP contribution in [0.15, 0.2) is 18.2 Å². The van der Waals surface area contributed by atoms with Crippen molar-refractivity contribution in [2.45, 2.75) is 46.1 Å². The van der Waals surface area contributed by atoms with Gasteiger partial charge in [0, 0.05) is 57.6 Å². The van der Waals surface area contributed by atoms with Crippen molar-refractivity contribution in [1.29, 1.82) is 0 Å². The van der Waals surface area contributed by atoms with Gasteiger partial charge in [-0.1, -0.05) is 6.92 Å². The minimum absolute atomic E-state index is 0.182. The van der Waals surface area contributed by atoms with E-state index in [0.717, 1.165) is 63.5 Å². The Bertz CT molecular complexity index is 794. The Kier molecular flexibility index (Phi) is 7.82. The van der Waals surface area contributed by atoms with Gasteiger partial charge >= 0.3 is 6.16 Å². The lowest BCUT2D eigenvalue weighted by atomic mass is 9.98. The summed E-state index contributed by atoms with van der Waals surface area (Å²) in [5.74, 6) is 0.667. The third kappa shape index (κ3) is 6.72. The number of hydrogen-bond acceptors (Lipinski definition) is 8. The summed E-state index contributed by atoms with van der Waals surface area (Å²) in [5, 5.41) is 11.6. The molecular formula is C23H36N4O5. The van der Waals surface area contributed by atoms with Crippen molar-refractivity contribution in [2.24, 2.45) is 5.92 Å². The molecule has 0 aliphatic carbocycles. The van der Waals surface area contributed by atoms with Crippen LogP contribution in [0.4, 0.5) is 21.9 Å². The van der Waals surface area contributed by atoms with Gasteiger partial charge in [0.15, 0.2) is 0 Å². The zero-order chi connectivity index (χ0) is 23.3. The number of piperidine rings is 1. The maximum Gasteiger partial charge on any atom is 0.508 e. The van der Waals surface area contributed by atoms with E-state index in [9.17, 15) is 14.9 Å². The first-order valence-electron chi connectivity index (χ1n) is 11.5. The fourth-order valence-electron chi connectivity index (χ4n) is 4.13. The molecule has 178 valence electrons. The molecule has 0 N–H and O–H groups in total. The number of nitrogens with zero attached hydrogens (tertiary/aromatic N) is 4. The first kappa shape index (κ1) is 24.1. The average molecular weight is 449 g/mol. The number of carbonyl (C=O) groups is 1. The van der Waals surface area contributed by atoms with Crippen molar-refractivity contribution in [2.75, 3.05) is 62.2 Å². The quantitative estimate of drug-likeness (QED) is 0.368. The lowest BCUT2D eigenvalue weighted by Crippen LogP contribution is -2.47. The van der Waals surface area contributed by atoms with Crippen molar-refractivity contribution in [3.63, 3.8) is 0 Å². The Labute approximate surface area is 190 Å². The van der Waals surface area contributed by atoms with Gasteiger partial charge in [0.05, 0.1) is 4.92 Å². The second-order valence-corrected chi connectivity index (χ2v) is 9.74. The maximum atomic E-state index is 11.7. The first-order valence-corrected chi connectivity index (χ1v) is 11.5. The monoisotopic (exact) mass is 448 g/mol. The summed E-state index contributed by atoms with van der Waals surface area (Å²) < 4.78 is 10.3. The van der Waals surface area contributed by atoms with Gasteiger partial charge in [-0.2, -0.15) is 0 Å². The summed E-state index contributed by atoms with van der Waals surface area (Å²) in [6, 6.07) is 5.48. The van der Waals surface area contributed by atoms with Gasteiger partial charge in [0.1, 0.15) is 17.9 Å². The van der Waals surface area contributed by atoms with Crippen LogP contribution in [0.1, 0.15) is 40.5 Å². The van der Waals surface area contributed by atoms with Crippen molar-refractivity contribution in [1.82, 2.24) is 4.90 Å². The topological polar surface area (TPSA) is 88.4 Å². The van der Waals surface area contributed by atoms with Crippen LogP contribution >= 0.6 is 0 Å². The van der Waals surface area contributed by atoms with Gasteiger partial charge in [0.25, 0.3) is 5.69 Å². The van der Waals surface area contributed by atoms with E-state index in [1.165, 1.54) is 0 Å². The largest absolute Gasteiger partial charge is 0.508 e. The molecular weight excluding hydrogens is 412 g/mol. The SMILES string of the molecule is CC1CCN(c2cc(N3CCN(CCOC(=O)OC(C)(C)C)CC3)ccc2[N+](=O)[O-])CC1. The van der Waals surface area contributed by atoms with Gasteiger partial charge in [-0.15, -0.1) is 0 Å². The van der Waals surface area contributed by atoms with E-state index in [1.807, 2.05) is 32.9 Å². The summed E-state index contributed by atoms with van der Waals surface area (Å²) in [4.78, 5) is 29.7. The highest BCUT2D eigenvalue weighted by molar-refractivity contribution is 5.70. The number of hydrogen-bond donors (Lipinski definition) is 0. The van der Waals surface area contributed by atoms with E-state index < -0.39 is 11.8 Å². The number of anilines is 2. The second kappa shape index (κ2) is 10.4. The van der Waals surface area contributed by atoms with E-state index in [-0.39, 0.29) is 10.6 Å². The molecule has 2 fully saturated rings. The molecule has 1 aromatic rings. The Morgan fingerprint density at radius 3 is 2.34 bits per heavy atom. The third-order valence-electron chi connectivity index (χ3n) is 6.03. The molecule has 1 aromatic carbocycles. The van der Waals surface area contributed by atoms with E-state index >= 15 is 0 Å². The molecule has 2 aliphatic rings. The van der Waals surface area contributed by atoms with Crippen LogP contribution in [-0.4, -0.2) is 74.0 Å². The molecule has 0 saturated carbocycles. The molecule has 3 rings (SSSR count). The Morgan fingerprint density at radius 1 is 1.09 bits per heavy atom.